The van der Waals surface area contributed by atoms with E-state index in [2.05, 4.69) is 5.32 Å². The number of amides is 2. The molecular weight excluding hydrogens is 422 g/mol. The molecule has 1 N–H and O–H groups in total. The first kappa shape index (κ1) is 26.0. The maximum absolute atomic E-state index is 13.2. The molecule has 0 spiro atoms. The van der Waals surface area contributed by atoms with Crippen LogP contribution in [0.25, 0.3) is 0 Å². The first-order chi connectivity index (χ1) is 15.6. The first-order valence-electron chi connectivity index (χ1n) is 11.1. The van der Waals surface area contributed by atoms with Gasteiger partial charge in [0, 0.05) is 38.6 Å². The molecule has 1 aromatic carbocycles. The van der Waals surface area contributed by atoms with Crippen molar-refractivity contribution in [2.45, 2.75) is 40.2 Å². The predicted octanol–water partition coefficient (Wildman–Crippen LogP) is 3.15. The van der Waals surface area contributed by atoms with Crippen LogP contribution in [0, 0.1) is 5.92 Å². The topological polar surface area (TPSA) is 89.9 Å². The van der Waals surface area contributed by atoms with Crippen LogP contribution in [0.1, 0.15) is 60.0 Å². The molecular formula is C25H35N3O5. The Morgan fingerprint density at radius 3 is 2.24 bits per heavy atom. The molecule has 0 radical (unpaired) electrons. The third-order valence-electron chi connectivity index (χ3n) is 5.32. The number of carbonyl (C=O) groups is 2. The fourth-order valence-electron chi connectivity index (χ4n) is 3.24. The van der Waals surface area contributed by atoms with Gasteiger partial charge in [0.1, 0.15) is 11.1 Å². The van der Waals surface area contributed by atoms with Gasteiger partial charge in [-0.05, 0) is 43.9 Å². The van der Waals surface area contributed by atoms with Crippen LogP contribution >= 0.6 is 0 Å². The Morgan fingerprint density at radius 1 is 1.03 bits per heavy atom. The van der Waals surface area contributed by atoms with Gasteiger partial charge < -0.3 is 24.3 Å². The zero-order chi connectivity index (χ0) is 24.7. The Bertz CT molecular complexity index is 1040. The zero-order valence-electron chi connectivity index (χ0n) is 20.6. The van der Waals surface area contributed by atoms with Gasteiger partial charge in [0.25, 0.3) is 11.8 Å². The normalized spacial score (nSPS) is 10.9. The first-order valence-corrected chi connectivity index (χ1v) is 11.1. The number of hydrogen-bond acceptors (Lipinski definition) is 5. The summed E-state index contributed by atoms with van der Waals surface area (Å²) >= 11 is 0. The Balaban J connectivity index is 2.26. The molecule has 0 saturated carbocycles. The summed E-state index contributed by atoms with van der Waals surface area (Å²) in [7, 11) is 4.79. The molecule has 2 rings (SSSR count). The van der Waals surface area contributed by atoms with E-state index in [0.29, 0.717) is 31.0 Å². The number of hydrogen-bond donors (Lipinski definition) is 1. The van der Waals surface area contributed by atoms with Crippen LogP contribution in [0.3, 0.4) is 0 Å². The highest BCUT2D eigenvalue weighted by atomic mass is 16.5. The van der Waals surface area contributed by atoms with Crippen LogP contribution in [0.15, 0.2) is 35.4 Å². The highest BCUT2D eigenvalue weighted by Crippen LogP contribution is 2.27. The number of pyridine rings is 1. The summed E-state index contributed by atoms with van der Waals surface area (Å²) < 4.78 is 12.3. The Hall–Kier alpha value is -3.29. The Morgan fingerprint density at radius 2 is 1.67 bits per heavy atom. The van der Waals surface area contributed by atoms with Gasteiger partial charge in [-0.15, -0.1) is 0 Å². The van der Waals surface area contributed by atoms with Crippen molar-refractivity contribution >= 4 is 11.8 Å². The summed E-state index contributed by atoms with van der Waals surface area (Å²) in [6.07, 6.45) is 3.61. The smallest absolute Gasteiger partial charge is 0.259 e. The third kappa shape index (κ3) is 6.60. The zero-order valence-corrected chi connectivity index (χ0v) is 20.6. The molecule has 0 aliphatic carbocycles. The van der Waals surface area contributed by atoms with E-state index in [1.807, 2.05) is 45.9 Å². The molecule has 0 unspecified atom stereocenters. The Kier molecular flexibility index (Phi) is 9.08. The van der Waals surface area contributed by atoms with E-state index in [4.69, 9.17) is 9.47 Å². The van der Waals surface area contributed by atoms with E-state index in [1.165, 1.54) is 17.3 Å². The molecule has 0 aliphatic rings. The number of nitrogens with zero attached hydrogens (tertiary/aromatic N) is 2. The lowest BCUT2D eigenvalue weighted by atomic mass is 10.1. The molecule has 0 saturated heterocycles. The number of carbonyl (C=O) groups excluding carboxylic acids is 2. The summed E-state index contributed by atoms with van der Waals surface area (Å²) in [5.41, 5.74) is 0.365. The third-order valence-corrected chi connectivity index (χ3v) is 5.32. The molecule has 1 aromatic heterocycles. The van der Waals surface area contributed by atoms with Crippen molar-refractivity contribution in [1.82, 2.24) is 14.8 Å². The number of ether oxygens (including phenoxy) is 2. The molecule has 0 fully saturated rings. The van der Waals surface area contributed by atoms with Crippen LogP contribution in [0.5, 0.6) is 11.5 Å². The lowest BCUT2D eigenvalue weighted by Crippen LogP contribution is -2.37. The summed E-state index contributed by atoms with van der Waals surface area (Å²) in [6, 6.07) is 5.57. The van der Waals surface area contributed by atoms with Gasteiger partial charge in [-0.1, -0.05) is 19.9 Å². The molecule has 1 heterocycles. The lowest BCUT2D eigenvalue weighted by molar-refractivity contribution is 0.0794. The molecule has 180 valence electrons. The number of aromatic nitrogens is 1. The van der Waals surface area contributed by atoms with E-state index in [-0.39, 0.29) is 23.1 Å². The van der Waals surface area contributed by atoms with Gasteiger partial charge in [-0.2, -0.15) is 0 Å². The number of methoxy groups -OCH3 is 2. The monoisotopic (exact) mass is 457 g/mol. The van der Waals surface area contributed by atoms with E-state index >= 15 is 0 Å². The number of benzene rings is 1. The van der Waals surface area contributed by atoms with Crippen molar-refractivity contribution in [3.05, 3.63) is 57.5 Å². The van der Waals surface area contributed by atoms with Crippen molar-refractivity contribution in [3.63, 3.8) is 0 Å². The van der Waals surface area contributed by atoms with E-state index < -0.39 is 17.2 Å². The van der Waals surface area contributed by atoms with Crippen LogP contribution in [-0.4, -0.2) is 55.6 Å². The molecule has 0 atom stereocenters. The average Bonchev–Trinajstić information content (AvgIpc) is 2.80. The number of rotatable bonds is 10. The molecule has 0 aliphatic heterocycles. The van der Waals surface area contributed by atoms with Gasteiger partial charge in [0.15, 0.2) is 11.5 Å². The summed E-state index contributed by atoms with van der Waals surface area (Å²) in [5, 5.41) is 2.77. The lowest BCUT2D eigenvalue weighted by Gasteiger charge is -2.20. The van der Waals surface area contributed by atoms with E-state index in [1.54, 1.807) is 25.8 Å². The van der Waals surface area contributed by atoms with Gasteiger partial charge in [0.2, 0.25) is 5.43 Å². The van der Waals surface area contributed by atoms with Crippen molar-refractivity contribution in [3.8, 4) is 11.5 Å². The predicted molar refractivity (Wildman–Crippen MR) is 128 cm³/mol. The van der Waals surface area contributed by atoms with Crippen molar-refractivity contribution in [2.24, 2.45) is 5.92 Å². The van der Waals surface area contributed by atoms with Gasteiger partial charge in [0.05, 0.1) is 14.2 Å². The molecule has 2 aromatic rings. The average molecular weight is 458 g/mol. The molecule has 8 nitrogen and oxygen atoms in total. The van der Waals surface area contributed by atoms with E-state index in [0.717, 1.165) is 5.56 Å². The van der Waals surface area contributed by atoms with Gasteiger partial charge in [-0.25, -0.2) is 0 Å². The second-order valence-corrected chi connectivity index (χ2v) is 8.73. The molecule has 33 heavy (non-hydrogen) atoms. The summed E-state index contributed by atoms with van der Waals surface area (Å²) in [5.74, 6) is 0.601. The summed E-state index contributed by atoms with van der Waals surface area (Å²) in [6.45, 7) is 8.63. The SMILES string of the molecule is COc1ccc(CCN(C)C(=O)c2cn(C(C)C)cc(C(=O)NCC(C)C)c2=O)cc1OC. The van der Waals surface area contributed by atoms with Gasteiger partial charge in [-0.3, -0.25) is 14.4 Å². The van der Waals surface area contributed by atoms with Crippen LogP contribution in [0.4, 0.5) is 0 Å². The number of likely N-dealkylation sites (N-methyl/N-ethyl adjacent to an activating group) is 1. The standard InChI is InChI=1S/C25H35N3O5/c1-16(2)13-26-24(30)19-14-28(17(3)4)15-20(23(19)29)25(31)27(5)11-10-18-8-9-21(32-6)22(12-18)33-7/h8-9,12,14-17H,10-11,13H2,1-7H3,(H,26,30). The number of nitrogens with one attached hydrogen (secondary N) is 1. The highest BCUT2D eigenvalue weighted by Gasteiger charge is 2.22. The second-order valence-electron chi connectivity index (χ2n) is 8.73. The molecule has 8 heteroatoms. The fraction of sp³-hybridized carbons (Fsp3) is 0.480. The molecule has 2 amide bonds. The maximum atomic E-state index is 13.2. The highest BCUT2D eigenvalue weighted by molar-refractivity contribution is 5.99. The van der Waals surface area contributed by atoms with Crippen molar-refractivity contribution in [2.75, 3.05) is 34.4 Å². The molecule has 0 bridgehead atoms. The maximum Gasteiger partial charge on any atom is 0.259 e. The summed E-state index contributed by atoms with van der Waals surface area (Å²) in [4.78, 5) is 40.3. The fourth-order valence-corrected chi connectivity index (χ4v) is 3.24. The van der Waals surface area contributed by atoms with Crippen LogP contribution in [-0.2, 0) is 6.42 Å². The Labute approximate surface area is 195 Å². The second kappa shape index (κ2) is 11.5. The van der Waals surface area contributed by atoms with Crippen molar-refractivity contribution in [1.29, 1.82) is 0 Å². The van der Waals surface area contributed by atoms with Crippen molar-refractivity contribution < 1.29 is 19.1 Å². The largest absolute Gasteiger partial charge is 0.493 e. The minimum Gasteiger partial charge on any atom is -0.493 e. The van der Waals surface area contributed by atoms with E-state index in [9.17, 15) is 14.4 Å². The quantitative estimate of drug-likeness (QED) is 0.592. The minimum absolute atomic E-state index is 0.0179. The van der Waals surface area contributed by atoms with Gasteiger partial charge >= 0.3 is 0 Å². The van der Waals surface area contributed by atoms with Crippen LogP contribution in [0.2, 0.25) is 0 Å². The minimum atomic E-state index is -0.559. The van der Waals surface area contributed by atoms with Crippen LogP contribution < -0.4 is 20.2 Å².